The molecule has 2 nitrogen and oxygen atoms in total. The van der Waals surface area contributed by atoms with Crippen LogP contribution in [0.3, 0.4) is 0 Å². The lowest BCUT2D eigenvalue weighted by atomic mass is 9.72. The van der Waals surface area contributed by atoms with E-state index in [-0.39, 0.29) is 23.7 Å². The third-order valence-corrected chi connectivity index (χ3v) is 12.3. The van der Waals surface area contributed by atoms with Crippen molar-refractivity contribution < 1.29 is 10.2 Å². The zero-order valence-electron chi connectivity index (χ0n) is 29.9. The van der Waals surface area contributed by atoms with Crippen molar-refractivity contribution in [1.29, 1.82) is 0 Å². The molecule has 6 aromatic carbocycles. The average Bonchev–Trinajstić information content (AvgIpc) is 4.00. The number of hydrogen-bond donors (Lipinski definition) is 2. The summed E-state index contributed by atoms with van der Waals surface area (Å²) < 4.78 is 0. The van der Waals surface area contributed by atoms with Crippen molar-refractivity contribution in [2.45, 2.75) is 42.9 Å². The van der Waals surface area contributed by atoms with Crippen LogP contribution < -0.4 is 0 Å². The maximum atomic E-state index is 12.3. The van der Waals surface area contributed by atoms with Gasteiger partial charge in [0.15, 0.2) is 0 Å². The van der Waals surface area contributed by atoms with Crippen molar-refractivity contribution in [3.05, 3.63) is 224 Å². The molecule has 0 amide bonds. The van der Waals surface area contributed by atoms with Crippen LogP contribution in [0.25, 0.3) is 24.3 Å². The molecule has 2 heteroatoms. The van der Waals surface area contributed by atoms with Crippen molar-refractivity contribution in [3.63, 3.8) is 0 Å². The van der Waals surface area contributed by atoms with Crippen molar-refractivity contribution in [2.24, 2.45) is 0 Å². The minimum absolute atomic E-state index is 0.0625. The molecule has 0 heterocycles. The summed E-state index contributed by atoms with van der Waals surface area (Å²) >= 11 is 0. The Kier molecular flexibility index (Phi) is 7.14. The fourth-order valence-corrected chi connectivity index (χ4v) is 9.28. The van der Waals surface area contributed by atoms with Crippen LogP contribution in [-0.4, -0.2) is 10.2 Å². The Bertz CT molecular complexity index is 2250. The first-order valence-electron chi connectivity index (χ1n) is 18.7. The maximum absolute atomic E-state index is 12.3. The normalized spacial score (nSPS) is 20.1. The molecule has 0 bridgehead atoms. The van der Waals surface area contributed by atoms with E-state index < -0.39 is 5.41 Å². The van der Waals surface area contributed by atoms with Crippen LogP contribution in [0.4, 0.5) is 0 Å². The van der Waals surface area contributed by atoms with Gasteiger partial charge in [0.2, 0.25) is 0 Å². The van der Waals surface area contributed by atoms with Gasteiger partial charge in [-0.1, -0.05) is 184 Å². The van der Waals surface area contributed by atoms with Crippen LogP contribution >= 0.6 is 0 Å². The molecule has 256 valence electrons. The quantitative estimate of drug-likeness (QED) is 0.183. The summed E-state index contributed by atoms with van der Waals surface area (Å²) in [7, 11) is 0. The highest BCUT2D eigenvalue weighted by Gasteiger charge is 2.35. The topological polar surface area (TPSA) is 40.5 Å². The van der Waals surface area contributed by atoms with Crippen molar-refractivity contribution >= 4 is 24.3 Å². The van der Waals surface area contributed by atoms with Gasteiger partial charge in [-0.15, -0.1) is 0 Å². The molecule has 4 unspecified atom stereocenters. The van der Waals surface area contributed by atoms with E-state index in [9.17, 15) is 10.2 Å². The van der Waals surface area contributed by atoms with Gasteiger partial charge < -0.3 is 10.2 Å². The molecule has 0 radical (unpaired) electrons. The molecule has 53 heavy (non-hydrogen) atoms. The lowest BCUT2D eigenvalue weighted by Crippen LogP contribution is -2.21. The molecule has 4 atom stereocenters. The summed E-state index contributed by atoms with van der Waals surface area (Å²) in [5.41, 5.74) is 15.0. The van der Waals surface area contributed by atoms with Gasteiger partial charge in [-0.3, -0.25) is 0 Å². The predicted octanol–water partition coefficient (Wildman–Crippen LogP) is 12.1. The summed E-state index contributed by atoms with van der Waals surface area (Å²) in [6, 6.07) is 42.9. The number of rotatable bonds is 6. The Balaban J connectivity index is 1.18. The zero-order chi connectivity index (χ0) is 35.8. The van der Waals surface area contributed by atoms with Crippen LogP contribution in [-0.2, 0) is 5.41 Å². The molecule has 0 fully saturated rings. The first-order chi connectivity index (χ1) is 25.9. The Morgan fingerprint density at radius 3 is 0.868 bits per heavy atom. The molecule has 0 spiro atoms. The third kappa shape index (κ3) is 4.93. The molecule has 6 aromatic rings. The minimum Gasteiger partial charge on any atom is -0.507 e. The molecule has 10 rings (SSSR count). The molecule has 0 aromatic heterocycles. The van der Waals surface area contributed by atoms with Crippen LogP contribution in [0, 0.1) is 0 Å². The number of hydrogen-bond acceptors (Lipinski definition) is 2. The van der Waals surface area contributed by atoms with Gasteiger partial charge in [0.25, 0.3) is 0 Å². The molecule has 0 saturated carbocycles. The first-order valence-corrected chi connectivity index (χ1v) is 18.7. The van der Waals surface area contributed by atoms with Crippen molar-refractivity contribution in [3.8, 4) is 11.5 Å². The summed E-state index contributed by atoms with van der Waals surface area (Å²) in [5, 5.41) is 24.6. The lowest BCUT2D eigenvalue weighted by molar-refractivity contribution is 0.458. The second-order valence-corrected chi connectivity index (χ2v) is 15.5. The largest absolute Gasteiger partial charge is 0.507 e. The highest BCUT2D eigenvalue weighted by atomic mass is 16.3. The van der Waals surface area contributed by atoms with Gasteiger partial charge in [0, 0.05) is 51.3 Å². The fourth-order valence-electron chi connectivity index (χ4n) is 9.28. The Labute approximate surface area is 311 Å². The lowest BCUT2D eigenvalue weighted by Gasteiger charge is -2.32. The van der Waals surface area contributed by atoms with Crippen LogP contribution in [0.2, 0.25) is 0 Å². The number of benzene rings is 6. The number of phenols is 2. The zero-order valence-corrected chi connectivity index (χ0v) is 29.9. The third-order valence-electron chi connectivity index (χ3n) is 12.3. The summed E-state index contributed by atoms with van der Waals surface area (Å²) in [5.74, 6) is 0.463. The van der Waals surface area contributed by atoms with Gasteiger partial charge in [-0.25, -0.2) is 0 Å². The van der Waals surface area contributed by atoms with E-state index in [1.807, 2.05) is 0 Å². The smallest absolute Gasteiger partial charge is 0.123 e. The SMILES string of the molecule is CC(C)(c1cc(C2C=Cc3ccccc32)c(O)c(C2C=Cc3ccccc32)c1)c1cc(C2C=Cc3ccccc32)c(O)c(C2C=Cc3ccccc32)c1. The van der Waals surface area contributed by atoms with Crippen LogP contribution in [0.15, 0.2) is 146 Å². The van der Waals surface area contributed by atoms with Crippen molar-refractivity contribution in [2.75, 3.05) is 0 Å². The van der Waals surface area contributed by atoms with Crippen molar-refractivity contribution in [1.82, 2.24) is 0 Å². The molecule has 0 saturated heterocycles. The average molecular weight is 685 g/mol. The second kappa shape index (κ2) is 12.0. The van der Waals surface area contributed by atoms with Gasteiger partial charge >= 0.3 is 0 Å². The Morgan fingerprint density at radius 2 is 0.604 bits per heavy atom. The van der Waals surface area contributed by atoms with Gasteiger partial charge in [0.05, 0.1) is 0 Å². The van der Waals surface area contributed by atoms with E-state index >= 15 is 0 Å². The Hall–Kier alpha value is -6.12. The van der Waals surface area contributed by atoms with Crippen LogP contribution in [0.5, 0.6) is 11.5 Å². The van der Waals surface area contributed by atoms with Crippen LogP contribution in [0.1, 0.15) is 115 Å². The fraction of sp³-hybridized carbons (Fsp3) is 0.137. The van der Waals surface area contributed by atoms with E-state index in [2.05, 4.69) is 184 Å². The maximum Gasteiger partial charge on any atom is 0.123 e. The molecular weight excluding hydrogens is 645 g/mol. The molecule has 0 aliphatic heterocycles. The second-order valence-electron chi connectivity index (χ2n) is 15.5. The molecule has 2 N–H and O–H groups in total. The van der Waals surface area contributed by atoms with E-state index in [1.54, 1.807) is 0 Å². The predicted molar refractivity (Wildman–Crippen MR) is 218 cm³/mol. The summed E-state index contributed by atoms with van der Waals surface area (Å²) in [6.07, 6.45) is 17.6. The van der Waals surface area contributed by atoms with Gasteiger partial charge in [0.1, 0.15) is 11.5 Å². The summed E-state index contributed by atoms with van der Waals surface area (Å²) in [6.45, 7) is 4.58. The van der Waals surface area contributed by atoms with E-state index in [0.29, 0.717) is 11.5 Å². The molecule has 4 aliphatic carbocycles. The van der Waals surface area contributed by atoms with E-state index in [1.165, 1.54) is 44.5 Å². The van der Waals surface area contributed by atoms with Gasteiger partial charge in [-0.05, 0) is 55.6 Å². The molecular formula is C51H40O2. The monoisotopic (exact) mass is 684 g/mol. The highest BCUT2D eigenvalue weighted by molar-refractivity contribution is 5.73. The first kappa shape index (κ1) is 31.6. The van der Waals surface area contributed by atoms with Gasteiger partial charge in [-0.2, -0.15) is 0 Å². The number of aromatic hydroxyl groups is 2. The Morgan fingerprint density at radius 1 is 0.358 bits per heavy atom. The minimum atomic E-state index is -0.498. The number of allylic oxidation sites excluding steroid dienone is 4. The highest BCUT2D eigenvalue weighted by Crippen LogP contribution is 2.51. The molecule has 4 aliphatic rings. The van der Waals surface area contributed by atoms with E-state index in [4.69, 9.17) is 0 Å². The standard InChI is InChI=1S/C51H40O2/c1-51(2,35-27-45(41-23-19-31-11-3-7-15-37(31)41)49(52)46(28-35)42-24-20-32-12-4-8-16-38(32)42)36-29-47(43-25-21-33-13-5-9-17-39(33)43)50(53)48(30-36)44-26-22-34-14-6-10-18-40(34)44/h3-30,41-44,52-53H,1-2H3. The number of fused-ring (bicyclic) bond motifs is 4. The van der Waals surface area contributed by atoms with E-state index in [0.717, 1.165) is 33.4 Å². The summed E-state index contributed by atoms with van der Waals surface area (Å²) in [4.78, 5) is 0. The number of phenolic OH excluding ortho intramolecular Hbond substituents is 2.